The number of nitrogens with one attached hydrogen (secondary N) is 2. The minimum atomic E-state index is -0.0285. The smallest absolute Gasteiger partial charge is 0.252 e. The van der Waals surface area contributed by atoms with E-state index in [0.29, 0.717) is 16.5 Å². The number of hydrogen-bond acceptors (Lipinski definition) is 3. The fourth-order valence-corrected chi connectivity index (χ4v) is 4.25. The van der Waals surface area contributed by atoms with Crippen LogP contribution in [0.15, 0.2) is 18.2 Å². The van der Waals surface area contributed by atoms with E-state index >= 15 is 0 Å². The van der Waals surface area contributed by atoms with E-state index in [1.165, 1.54) is 44.9 Å². The molecule has 1 saturated carbocycles. The molecule has 1 aliphatic carbocycles. The second-order valence-electron chi connectivity index (χ2n) is 7.76. The van der Waals surface area contributed by atoms with E-state index in [9.17, 15) is 4.79 Å². The van der Waals surface area contributed by atoms with Crippen molar-refractivity contribution in [1.82, 2.24) is 15.5 Å². The Hall–Kier alpha value is -1.10. The fraction of sp³-hybridized carbons (Fsp3) is 0.696. The molecule has 5 heteroatoms. The largest absolute Gasteiger partial charge is 0.352 e. The molecule has 2 fully saturated rings. The number of carbonyl (C=O) groups is 1. The van der Waals surface area contributed by atoms with Gasteiger partial charge in [-0.3, -0.25) is 9.69 Å². The maximum Gasteiger partial charge on any atom is 0.252 e. The summed E-state index contributed by atoms with van der Waals surface area (Å²) in [7, 11) is 0. The van der Waals surface area contributed by atoms with Crippen LogP contribution in [-0.4, -0.2) is 43.5 Å². The zero-order chi connectivity index (χ0) is 18.2. The summed E-state index contributed by atoms with van der Waals surface area (Å²) in [6.45, 7) is 5.81. The molecular weight excluding hydrogens is 370 g/mol. The van der Waals surface area contributed by atoms with Gasteiger partial charge in [-0.05, 0) is 36.5 Å². The van der Waals surface area contributed by atoms with Gasteiger partial charge in [-0.1, -0.05) is 64.6 Å². The van der Waals surface area contributed by atoms with Gasteiger partial charge in [0.25, 0.3) is 5.91 Å². The second kappa shape index (κ2) is 13.2. The molecule has 3 rings (SSSR count). The lowest BCUT2D eigenvalue weighted by molar-refractivity contribution is 0.0944. The third kappa shape index (κ3) is 7.73. The van der Waals surface area contributed by atoms with Gasteiger partial charge >= 0.3 is 0 Å². The van der Waals surface area contributed by atoms with Crippen molar-refractivity contribution in [2.24, 2.45) is 5.92 Å². The normalized spacial score (nSPS) is 18.9. The highest BCUT2D eigenvalue weighted by molar-refractivity contribution is 6.33. The zero-order valence-electron chi connectivity index (χ0n) is 15.7. The molecule has 0 bridgehead atoms. The highest BCUT2D eigenvalue weighted by Crippen LogP contribution is 2.23. The first-order valence-electron chi connectivity index (χ1n) is 10.2. The number of rotatable bonds is 5. The highest BCUT2D eigenvalue weighted by Gasteiger charge is 2.17. The van der Waals surface area contributed by atoms with Crippen LogP contribution in [0.25, 0.3) is 0 Å². The van der Waals surface area contributed by atoms with Crippen molar-refractivity contribution in [1.29, 1.82) is 0 Å². The number of halogens is 1. The Morgan fingerprint density at radius 1 is 1.07 bits per heavy atom. The van der Waals surface area contributed by atoms with E-state index in [1.807, 2.05) is 18.2 Å². The molecule has 2 N–H and O–H groups in total. The monoisotopic (exact) mass is 409 g/mol. The maximum absolute atomic E-state index is 12.7. The topological polar surface area (TPSA) is 44.4 Å². The third-order valence-electron chi connectivity index (χ3n) is 5.67. The van der Waals surface area contributed by atoms with Crippen LogP contribution < -0.4 is 10.6 Å². The van der Waals surface area contributed by atoms with Gasteiger partial charge < -0.3 is 10.6 Å². The Bertz CT molecular complexity index is 579. The van der Waals surface area contributed by atoms with Crippen LogP contribution in [0.1, 0.15) is 75.7 Å². The molecule has 4 nitrogen and oxygen atoms in total. The van der Waals surface area contributed by atoms with Crippen molar-refractivity contribution < 1.29 is 4.79 Å². The van der Waals surface area contributed by atoms with Gasteiger partial charge in [-0.15, -0.1) is 0 Å². The molecule has 1 amide bonds. The summed E-state index contributed by atoms with van der Waals surface area (Å²) in [4.78, 5) is 15.1. The van der Waals surface area contributed by atoms with Crippen molar-refractivity contribution in [3.05, 3.63) is 34.3 Å². The van der Waals surface area contributed by atoms with Crippen LogP contribution in [0.5, 0.6) is 0 Å². The lowest BCUT2D eigenvalue weighted by atomic mass is 9.91. The van der Waals surface area contributed by atoms with Gasteiger partial charge in [-0.25, -0.2) is 0 Å². The van der Waals surface area contributed by atoms with Crippen molar-refractivity contribution in [2.75, 3.05) is 32.7 Å². The first kappa shape index (κ1) is 24.9. The molecule has 28 heavy (non-hydrogen) atoms. The molecule has 0 unspecified atom stereocenters. The van der Waals surface area contributed by atoms with E-state index in [-0.39, 0.29) is 20.8 Å². The minimum absolute atomic E-state index is 0. The van der Waals surface area contributed by atoms with Gasteiger partial charge in [0.1, 0.15) is 0 Å². The summed E-state index contributed by atoms with van der Waals surface area (Å²) >= 11 is 6.32. The summed E-state index contributed by atoms with van der Waals surface area (Å²) < 4.78 is 0. The van der Waals surface area contributed by atoms with Gasteiger partial charge in [0.05, 0.1) is 10.6 Å². The fourth-order valence-electron chi connectivity index (χ4n) is 4.05. The number of piperazine rings is 1. The molecule has 1 aliphatic heterocycles. The van der Waals surface area contributed by atoms with Crippen molar-refractivity contribution in [2.45, 2.75) is 66.3 Å². The first-order chi connectivity index (χ1) is 12.7. The van der Waals surface area contributed by atoms with Crippen molar-refractivity contribution in [3.63, 3.8) is 0 Å². The lowest BCUT2D eigenvalue weighted by Gasteiger charge is -2.27. The predicted octanol–water partition coefficient (Wildman–Crippen LogP) is 5.11. The standard InChI is InChI=1S/C21H32ClN3O.2CH4/c22-20-9-8-18(16-25-12-10-23-11-13-25)14-19(20)21(26)24-15-17-6-4-2-1-3-5-7-17;;/h8-9,14,17,23H,1-7,10-13,15-16H2,(H,24,26);2*1H4. The van der Waals surface area contributed by atoms with Gasteiger partial charge in [0.2, 0.25) is 0 Å². The second-order valence-corrected chi connectivity index (χ2v) is 8.17. The predicted molar refractivity (Wildman–Crippen MR) is 121 cm³/mol. The number of nitrogens with zero attached hydrogens (tertiary/aromatic N) is 1. The Morgan fingerprint density at radius 2 is 1.71 bits per heavy atom. The van der Waals surface area contributed by atoms with Crippen molar-refractivity contribution >= 4 is 17.5 Å². The molecule has 1 aromatic carbocycles. The third-order valence-corrected chi connectivity index (χ3v) is 6.00. The Labute approximate surface area is 177 Å². The Balaban J connectivity index is 0.00000196. The van der Waals surface area contributed by atoms with E-state index in [4.69, 9.17) is 11.6 Å². The number of carbonyl (C=O) groups excluding carboxylic acids is 1. The van der Waals surface area contributed by atoms with Crippen LogP contribution in [0.2, 0.25) is 5.02 Å². The first-order valence-corrected chi connectivity index (χ1v) is 10.6. The van der Waals surface area contributed by atoms with Gasteiger partial charge in [0, 0.05) is 39.3 Å². The molecule has 0 aromatic heterocycles. The van der Waals surface area contributed by atoms with Crippen LogP contribution in [0.4, 0.5) is 0 Å². The van der Waals surface area contributed by atoms with Crippen LogP contribution in [-0.2, 0) is 6.54 Å². The molecule has 160 valence electrons. The quantitative estimate of drug-likeness (QED) is 0.710. The van der Waals surface area contributed by atoms with Crippen LogP contribution in [0, 0.1) is 5.92 Å². The van der Waals surface area contributed by atoms with Gasteiger partial charge in [-0.2, -0.15) is 0 Å². The summed E-state index contributed by atoms with van der Waals surface area (Å²) in [5, 5.41) is 7.06. The summed E-state index contributed by atoms with van der Waals surface area (Å²) in [5.41, 5.74) is 1.78. The molecule has 1 saturated heterocycles. The average Bonchev–Trinajstić information content (AvgIpc) is 2.63. The lowest BCUT2D eigenvalue weighted by Crippen LogP contribution is -2.42. The average molecular weight is 410 g/mol. The number of amides is 1. The minimum Gasteiger partial charge on any atom is -0.352 e. The van der Waals surface area contributed by atoms with E-state index < -0.39 is 0 Å². The summed E-state index contributed by atoms with van der Waals surface area (Å²) in [6, 6.07) is 5.87. The molecular formula is C23H40ClN3O. The molecule has 2 aliphatic rings. The highest BCUT2D eigenvalue weighted by atomic mass is 35.5. The molecule has 0 radical (unpaired) electrons. The maximum atomic E-state index is 12.7. The molecule has 1 heterocycles. The number of benzene rings is 1. The van der Waals surface area contributed by atoms with Crippen LogP contribution >= 0.6 is 11.6 Å². The van der Waals surface area contributed by atoms with Gasteiger partial charge in [0.15, 0.2) is 0 Å². The molecule has 1 aromatic rings. The van der Waals surface area contributed by atoms with E-state index in [2.05, 4.69) is 15.5 Å². The Morgan fingerprint density at radius 3 is 2.39 bits per heavy atom. The van der Waals surface area contributed by atoms with E-state index in [0.717, 1.165) is 44.8 Å². The van der Waals surface area contributed by atoms with Crippen molar-refractivity contribution in [3.8, 4) is 0 Å². The summed E-state index contributed by atoms with van der Waals surface area (Å²) in [5.74, 6) is 0.585. The Kier molecular flexibility index (Phi) is 11.7. The number of hydrogen-bond donors (Lipinski definition) is 2. The zero-order valence-corrected chi connectivity index (χ0v) is 16.5. The van der Waals surface area contributed by atoms with E-state index in [1.54, 1.807) is 0 Å². The summed E-state index contributed by atoms with van der Waals surface area (Å²) in [6.07, 6.45) is 9.10. The SMILES string of the molecule is C.C.O=C(NCC1CCCCCCC1)c1cc(CN2CCNCC2)ccc1Cl. The molecule has 0 atom stereocenters. The van der Waals surface area contributed by atoms with Crippen LogP contribution in [0.3, 0.4) is 0 Å². The molecule has 0 spiro atoms.